The molecule has 8 heteroatoms. The zero-order chi connectivity index (χ0) is 21.4. The van der Waals surface area contributed by atoms with Crippen molar-refractivity contribution in [3.05, 3.63) is 99.6 Å². The highest BCUT2D eigenvalue weighted by Crippen LogP contribution is 2.42. The molecule has 1 saturated heterocycles. The van der Waals surface area contributed by atoms with Crippen LogP contribution in [0.4, 0.5) is 10.1 Å². The summed E-state index contributed by atoms with van der Waals surface area (Å²) in [4.78, 5) is 31.1. The lowest BCUT2D eigenvalue weighted by Crippen LogP contribution is -2.29. The van der Waals surface area contributed by atoms with Crippen molar-refractivity contribution in [2.24, 2.45) is 0 Å². The molecule has 0 radical (unpaired) electrons. The summed E-state index contributed by atoms with van der Waals surface area (Å²) in [6.07, 6.45) is 3.04. The number of aliphatic hydroxyl groups is 1. The third-order valence-electron chi connectivity index (χ3n) is 4.74. The Morgan fingerprint density at radius 2 is 1.77 bits per heavy atom. The number of nitrogens with zero attached hydrogens (tertiary/aromatic N) is 2. The fourth-order valence-corrected chi connectivity index (χ4v) is 3.65. The summed E-state index contributed by atoms with van der Waals surface area (Å²) in [5.41, 5.74) is 0.911. The van der Waals surface area contributed by atoms with Crippen LogP contribution >= 0.6 is 23.2 Å². The molecular formula is C22H13Cl2FN2O3. The fourth-order valence-electron chi connectivity index (χ4n) is 3.35. The van der Waals surface area contributed by atoms with E-state index in [-0.39, 0.29) is 21.2 Å². The molecule has 1 aromatic heterocycles. The topological polar surface area (TPSA) is 70.5 Å². The number of ketones is 1. The third-order valence-corrected chi connectivity index (χ3v) is 5.48. The van der Waals surface area contributed by atoms with Gasteiger partial charge in [0.15, 0.2) is 0 Å². The van der Waals surface area contributed by atoms with Gasteiger partial charge in [0.2, 0.25) is 0 Å². The molecule has 0 aliphatic carbocycles. The number of aliphatic hydroxyl groups excluding tert-OH is 1. The highest BCUT2D eigenvalue weighted by Gasteiger charge is 2.47. The largest absolute Gasteiger partial charge is 0.507 e. The minimum atomic E-state index is -0.960. The Hall–Kier alpha value is -3.22. The molecular weight excluding hydrogens is 430 g/mol. The predicted molar refractivity (Wildman–Crippen MR) is 112 cm³/mol. The Balaban J connectivity index is 1.94. The molecule has 2 aromatic carbocycles. The molecule has 1 atom stereocenters. The Morgan fingerprint density at radius 3 is 2.40 bits per heavy atom. The summed E-state index contributed by atoms with van der Waals surface area (Å²) in [6.45, 7) is 0. The molecule has 1 amide bonds. The first-order valence-electron chi connectivity index (χ1n) is 8.80. The number of anilines is 1. The van der Waals surface area contributed by atoms with Gasteiger partial charge in [-0.3, -0.25) is 19.5 Å². The molecule has 1 N–H and O–H groups in total. The van der Waals surface area contributed by atoms with Gasteiger partial charge < -0.3 is 5.11 Å². The van der Waals surface area contributed by atoms with Crippen molar-refractivity contribution in [3.8, 4) is 0 Å². The van der Waals surface area contributed by atoms with Crippen LogP contribution in [-0.2, 0) is 9.59 Å². The lowest BCUT2D eigenvalue weighted by molar-refractivity contribution is -0.132. The van der Waals surface area contributed by atoms with E-state index < -0.39 is 29.3 Å². The third kappa shape index (κ3) is 3.44. The smallest absolute Gasteiger partial charge is 0.300 e. The first-order chi connectivity index (χ1) is 14.4. The van der Waals surface area contributed by atoms with E-state index in [9.17, 15) is 19.1 Å². The van der Waals surface area contributed by atoms with E-state index in [2.05, 4.69) is 4.98 Å². The molecule has 1 aliphatic heterocycles. The van der Waals surface area contributed by atoms with Gasteiger partial charge in [-0.1, -0.05) is 29.3 Å². The van der Waals surface area contributed by atoms with Gasteiger partial charge in [0.1, 0.15) is 11.6 Å². The molecule has 0 spiro atoms. The molecule has 1 fully saturated rings. The van der Waals surface area contributed by atoms with Crippen LogP contribution < -0.4 is 4.90 Å². The van der Waals surface area contributed by atoms with Crippen molar-refractivity contribution in [2.45, 2.75) is 6.04 Å². The van der Waals surface area contributed by atoms with Gasteiger partial charge >= 0.3 is 0 Å². The average molecular weight is 443 g/mol. The van der Waals surface area contributed by atoms with E-state index >= 15 is 0 Å². The number of amides is 1. The second-order valence-electron chi connectivity index (χ2n) is 6.56. The van der Waals surface area contributed by atoms with E-state index in [1.54, 1.807) is 18.3 Å². The number of benzene rings is 2. The SMILES string of the molecule is O=C1C(=O)N(c2ccc(F)cc2)C(c2cccnc2)/C1=C(/O)c1ccc(Cl)c(Cl)c1. The summed E-state index contributed by atoms with van der Waals surface area (Å²) >= 11 is 12.0. The summed E-state index contributed by atoms with van der Waals surface area (Å²) in [5, 5.41) is 11.4. The number of carbonyl (C=O) groups is 2. The zero-order valence-electron chi connectivity index (χ0n) is 15.2. The van der Waals surface area contributed by atoms with E-state index in [4.69, 9.17) is 23.2 Å². The van der Waals surface area contributed by atoms with Crippen molar-refractivity contribution in [2.75, 3.05) is 4.90 Å². The van der Waals surface area contributed by atoms with Crippen molar-refractivity contribution < 1.29 is 19.1 Å². The minimum Gasteiger partial charge on any atom is -0.507 e. The van der Waals surface area contributed by atoms with E-state index in [0.717, 1.165) is 0 Å². The van der Waals surface area contributed by atoms with Crippen molar-refractivity contribution >= 4 is 46.3 Å². The van der Waals surface area contributed by atoms with E-state index in [1.807, 2.05) is 0 Å². The number of Topliss-reactive ketones (excluding diaryl/α,β-unsaturated/α-hetero) is 1. The lowest BCUT2D eigenvalue weighted by Gasteiger charge is -2.25. The maximum atomic E-state index is 13.4. The van der Waals surface area contributed by atoms with Gasteiger partial charge in [0, 0.05) is 23.6 Å². The summed E-state index contributed by atoms with van der Waals surface area (Å²) in [7, 11) is 0. The lowest BCUT2D eigenvalue weighted by atomic mass is 9.96. The summed E-state index contributed by atoms with van der Waals surface area (Å²) in [5.74, 6) is -2.61. The molecule has 30 heavy (non-hydrogen) atoms. The molecule has 150 valence electrons. The molecule has 0 saturated carbocycles. The van der Waals surface area contributed by atoms with Crippen LogP contribution in [0.2, 0.25) is 10.0 Å². The number of aromatic nitrogens is 1. The highest BCUT2D eigenvalue weighted by atomic mass is 35.5. The predicted octanol–water partition coefficient (Wildman–Crippen LogP) is 5.15. The average Bonchev–Trinajstić information content (AvgIpc) is 3.02. The van der Waals surface area contributed by atoms with Crippen molar-refractivity contribution in [3.63, 3.8) is 0 Å². The van der Waals surface area contributed by atoms with E-state index in [0.29, 0.717) is 11.3 Å². The Labute approximate surface area is 181 Å². The number of hydrogen-bond acceptors (Lipinski definition) is 4. The van der Waals surface area contributed by atoms with Crippen LogP contribution in [0, 0.1) is 5.82 Å². The fraction of sp³-hybridized carbons (Fsp3) is 0.0455. The molecule has 3 aromatic rings. The maximum Gasteiger partial charge on any atom is 0.300 e. The van der Waals surface area contributed by atoms with Crippen LogP contribution in [0.15, 0.2) is 72.6 Å². The van der Waals surface area contributed by atoms with Crippen molar-refractivity contribution in [1.29, 1.82) is 0 Å². The molecule has 1 unspecified atom stereocenters. The van der Waals surface area contributed by atoms with Gasteiger partial charge in [-0.25, -0.2) is 4.39 Å². The Morgan fingerprint density at radius 1 is 1.03 bits per heavy atom. The van der Waals surface area contributed by atoms with E-state index in [1.165, 1.54) is 53.6 Å². The number of rotatable bonds is 3. The maximum absolute atomic E-state index is 13.4. The van der Waals surface area contributed by atoms with Gasteiger partial charge in [-0.05, 0) is 54.1 Å². The quantitative estimate of drug-likeness (QED) is 0.345. The number of carbonyl (C=O) groups excluding carboxylic acids is 2. The zero-order valence-corrected chi connectivity index (χ0v) is 16.7. The van der Waals surface area contributed by atoms with Crippen LogP contribution in [0.25, 0.3) is 5.76 Å². The van der Waals surface area contributed by atoms with Crippen LogP contribution in [0.1, 0.15) is 17.2 Å². The number of halogens is 3. The Kier molecular flexibility index (Phi) is 5.28. The second kappa shape index (κ2) is 7.89. The van der Waals surface area contributed by atoms with Crippen LogP contribution in [-0.4, -0.2) is 21.8 Å². The molecule has 2 heterocycles. The highest BCUT2D eigenvalue weighted by molar-refractivity contribution is 6.51. The summed E-state index contributed by atoms with van der Waals surface area (Å²) in [6, 6.07) is 11.9. The second-order valence-corrected chi connectivity index (χ2v) is 7.38. The standard InChI is InChI=1S/C22H13Cl2FN2O3/c23-16-8-3-12(10-17(16)24)20(28)18-19(13-2-1-9-26-11-13)27(22(30)21(18)29)15-6-4-14(25)5-7-15/h1-11,19,28H/b20-18-. The van der Waals surface area contributed by atoms with Crippen LogP contribution in [0.3, 0.4) is 0 Å². The number of pyridine rings is 1. The normalized spacial score (nSPS) is 18.1. The molecule has 4 rings (SSSR count). The molecule has 0 bridgehead atoms. The number of hydrogen-bond donors (Lipinski definition) is 1. The minimum absolute atomic E-state index is 0.129. The monoisotopic (exact) mass is 442 g/mol. The molecule has 1 aliphatic rings. The van der Waals surface area contributed by atoms with Gasteiger partial charge in [-0.2, -0.15) is 0 Å². The van der Waals surface area contributed by atoms with Crippen molar-refractivity contribution in [1.82, 2.24) is 4.98 Å². The first-order valence-corrected chi connectivity index (χ1v) is 9.56. The Bertz CT molecular complexity index is 1180. The van der Waals surface area contributed by atoms with Gasteiger partial charge in [0.05, 0.1) is 21.7 Å². The van der Waals surface area contributed by atoms with Crippen LogP contribution in [0.5, 0.6) is 0 Å². The first kappa shape index (κ1) is 20.1. The summed E-state index contributed by atoms with van der Waals surface area (Å²) < 4.78 is 13.4. The molecule has 5 nitrogen and oxygen atoms in total. The van der Waals surface area contributed by atoms with Gasteiger partial charge in [-0.15, -0.1) is 0 Å². The van der Waals surface area contributed by atoms with Gasteiger partial charge in [0.25, 0.3) is 11.7 Å².